The molecule has 4 heteroatoms. The average Bonchev–Trinajstić information content (AvgIpc) is 1.73. The summed E-state index contributed by atoms with van der Waals surface area (Å²) in [5.74, 6) is 0. The molecule has 0 amide bonds. The highest BCUT2D eigenvalue weighted by molar-refractivity contribution is 4.43. The van der Waals surface area contributed by atoms with E-state index in [0.717, 1.165) is 0 Å². The van der Waals surface area contributed by atoms with E-state index in [9.17, 15) is 0 Å². The van der Waals surface area contributed by atoms with Crippen LogP contribution in [0.3, 0.4) is 0 Å². The second kappa shape index (κ2) is 8.92. The van der Waals surface area contributed by atoms with Gasteiger partial charge in [0.2, 0.25) is 6.20 Å². The molecule has 0 unspecified atom stereocenters. The highest BCUT2D eigenvalue weighted by atomic mass is 16.6. The van der Waals surface area contributed by atoms with E-state index in [2.05, 4.69) is 12.3 Å². The summed E-state index contributed by atoms with van der Waals surface area (Å²) >= 11 is 0. The molecular weight excluding hydrogens is 96.0 g/mol. The van der Waals surface area contributed by atoms with Crippen LogP contribution in [-0.4, -0.2) is 12.0 Å². The summed E-state index contributed by atoms with van der Waals surface area (Å²) in [6.07, 6.45) is 0.639. The van der Waals surface area contributed by atoms with Crippen molar-refractivity contribution in [3.63, 3.8) is 0 Å². The van der Waals surface area contributed by atoms with E-state index in [4.69, 9.17) is 10.1 Å². The molecule has 42 valence electrons. The lowest BCUT2D eigenvalue weighted by Crippen LogP contribution is -1.77. The van der Waals surface area contributed by atoms with Crippen molar-refractivity contribution in [2.45, 2.75) is 0 Å². The maximum absolute atomic E-state index is 9.06. The zero-order valence-electron chi connectivity index (χ0n) is 4.13. The van der Waals surface area contributed by atoms with Crippen molar-refractivity contribution in [1.82, 2.24) is 0 Å². The Labute approximate surface area is 41.8 Å². The molecule has 0 aromatic rings. The lowest BCUT2D eigenvalue weighted by Gasteiger charge is -1.65. The maximum Gasteiger partial charge on any atom is 0.227 e. The van der Waals surface area contributed by atoms with Gasteiger partial charge in [-0.1, -0.05) is 0 Å². The van der Waals surface area contributed by atoms with Crippen LogP contribution in [0.4, 0.5) is 0 Å². The Hall–Kier alpha value is -0.900. The molecule has 0 aliphatic heterocycles. The minimum atomic E-state index is -0.611. The zero-order chi connectivity index (χ0) is 6.28. The van der Waals surface area contributed by atoms with Gasteiger partial charge in [-0.25, -0.2) is 0 Å². The molecular formula is C3H8N2O2. The fraction of sp³-hybridized carbons (Fsp3) is 0.333. The van der Waals surface area contributed by atoms with E-state index in [1.807, 2.05) is 0 Å². The van der Waals surface area contributed by atoms with Crippen molar-refractivity contribution < 1.29 is 4.92 Å². The van der Waals surface area contributed by atoms with Crippen LogP contribution in [0, 0.1) is 10.1 Å². The van der Waals surface area contributed by atoms with Crippen molar-refractivity contribution in [2.24, 2.45) is 5.73 Å². The van der Waals surface area contributed by atoms with Crippen molar-refractivity contribution in [3.05, 3.63) is 22.9 Å². The molecule has 0 spiro atoms. The second-order valence-corrected chi connectivity index (χ2v) is 0.468. The highest BCUT2D eigenvalue weighted by Crippen LogP contribution is 1.57. The number of nitrogens with zero attached hydrogens (tertiary/aromatic N) is 1. The topological polar surface area (TPSA) is 69.2 Å². The molecule has 0 aliphatic carbocycles. The van der Waals surface area contributed by atoms with Crippen LogP contribution in [0.5, 0.6) is 0 Å². The summed E-state index contributed by atoms with van der Waals surface area (Å²) in [6, 6.07) is 0. The highest BCUT2D eigenvalue weighted by Gasteiger charge is 1.69. The molecule has 7 heavy (non-hydrogen) atoms. The lowest BCUT2D eigenvalue weighted by atomic mass is 11.1. The van der Waals surface area contributed by atoms with E-state index in [0.29, 0.717) is 6.20 Å². The minimum Gasteiger partial charge on any atom is -0.333 e. The fourth-order valence-corrected chi connectivity index (χ4v) is 0. The minimum absolute atomic E-state index is 0.611. The molecule has 0 aliphatic rings. The third kappa shape index (κ3) is 40.5. The molecule has 2 N–H and O–H groups in total. The van der Waals surface area contributed by atoms with Crippen molar-refractivity contribution >= 4 is 0 Å². The van der Waals surface area contributed by atoms with Crippen molar-refractivity contribution in [1.29, 1.82) is 0 Å². The fourth-order valence-electron chi connectivity index (χ4n) is 0. The van der Waals surface area contributed by atoms with Crippen LogP contribution in [-0.2, 0) is 0 Å². The SMILES string of the molecule is C=C[N+](=O)[O-].CN. The summed E-state index contributed by atoms with van der Waals surface area (Å²) in [5.41, 5.74) is 4.50. The van der Waals surface area contributed by atoms with Gasteiger partial charge >= 0.3 is 0 Å². The van der Waals surface area contributed by atoms with Gasteiger partial charge in [0, 0.05) is 0 Å². The quantitative estimate of drug-likeness (QED) is 0.375. The molecule has 0 rings (SSSR count). The Kier molecular flexibility index (Phi) is 12.0. The van der Waals surface area contributed by atoms with Crippen molar-refractivity contribution in [3.8, 4) is 0 Å². The van der Waals surface area contributed by atoms with Gasteiger partial charge in [-0.15, -0.1) is 0 Å². The van der Waals surface area contributed by atoms with Gasteiger partial charge in [0.25, 0.3) is 0 Å². The van der Waals surface area contributed by atoms with E-state index in [1.165, 1.54) is 7.05 Å². The summed E-state index contributed by atoms with van der Waals surface area (Å²) < 4.78 is 0. The second-order valence-electron chi connectivity index (χ2n) is 0.468. The molecule has 0 radical (unpaired) electrons. The van der Waals surface area contributed by atoms with E-state index < -0.39 is 4.92 Å². The summed E-state index contributed by atoms with van der Waals surface area (Å²) in [7, 11) is 1.50. The number of nitro groups is 1. The molecule has 0 saturated heterocycles. The van der Waals surface area contributed by atoms with Gasteiger partial charge in [-0.05, 0) is 13.6 Å². The summed E-state index contributed by atoms with van der Waals surface area (Å²) in [5, 5.41) is 9.06. The van der Waals surface area contributed by atoms with Crippen LogP contribution < -0.4 is 5.73 Å². The molecule has 0 heterocycles. The predicted molar refractivity (Wildman–Crippen MR) is 27.3 cm³/mol. The average molecular weight is 104 g/mol. The first-order valence-corrected chi connectivity index (χ1v) is 1.61. The van der Waals surface area contributed by atoms with Crippen molar-refractivity contribution in [2.75, 3.05) is 7.05 Å². The van der Waals surface area contributed by atoms with Gasteiger partial charge in [-0.3, -0.25) is 10.1 Å². The smallest absolute Gasteiger partial charge is 0.227 e. The Morgan fingerprint density at radius 3 is 2.00 bits per heavy atom. The van der Waals surface area contributed by atoms with E-state index in [1.54, 1.807) is 0 Å². The largest absolute Gasteiger partial charge is 0.333 e. The third-order valence-electron chi connectivity index (χ3n) is 0.149. The molecule has 0 bridgehead atoms. The van der Waals surface area contributed by atoms with Gasteiger partial charge in [0.15, 0.2) is 0 Å². The lowest BCUT2D eigenvalue weighted by molar-refractivity contribution is -0.401. The first-order chi connectivity index (χ1) is 3.27. The van der Waals surface area contributed by atoms with Gasteiger partial charge in [-0.2, -0.15) is 0 Å². The molecule has 0 aromatic carbocycles. The predicted octanol–water partition coefficient (Wildman–Crippen LogP) is -0.0185. The Morgan fingerprint density at radius 2 is 2.00 bits per heavy atom. The zero-order valence-corrected chi connectivity index (χ0v) is 4.13. The normalized spacial score (nSPS) is 5.43. The van der Waals surface area contributed by atoms with Gasteiger partial charge < -0.3 is 5.73 Å². The van der Waals surface area contributed by atoms with Gasteiger partial charge in [0.05, 0.1) is 4.92 Å². The summed E-state index contributed by atoms with van der Waals surface area (Å²) in [4.78, 5) is 8.44. The maximum atomic E-state index is 9.06. The molecule has 0 aromatic heterocycles. The molecule has 0 saturated carbocycles. The third-order valence-corrected chi connectivity index (χ3v) is 0.149. The van der Waals surface area contributed by atoms with E-state index in [-0.39, 0.29) is 0 Å². The van der Waals surface area contributed by atoms with Crippen LogP contribution in [0.15, 0.2) is 12.8 Å². The Morgan fingerprint density at radius 1 is 1.86 bits per heavy atom. The molecule has 4 nitrogen and oxygen atoms in total. The van der Waals surface area contributed by atoms with E-state index >= 15 is 0 Å². The van der Waals surface area contributed by atoms with Crippen LogP contribution in [0.25, 0.3) is 0 Å². The summed E-state index contributed by atoms with van der Waals surface area (Å²) in [6.45, 7) is 2.86. The Balaban J connectivity index is 0. The monoisotopic (exact) mass is 104 g/mol. The first-order valence-electron chi connectivity index (χ1n) is 1.61. The molecule has 0 atom stereocenters. The number of rotatable bonds is 1. The number of hydrogen-bond acceptors (Lipinski definition) is 3. The van der Waals surface area contributed by atoms with Crippen LogP contribution in [0.1, 0.15) is 0 Å². The first kappa shape index (κ1) is 9.44. The standard InChI is InChI=1S/C2H3NO2.CH5N/c1-2-3(4)5;1-2/h2H,1H2;2H2,1H3. The van der Waals surface area contributed by atoms with Gasteiger partial charge in [0.1, 0.15) is 0 Å². The Bertz CT molecular complexity index is 62.0. The van der Waals surface area contributed by atoms with Crippen LogP contribution in [0.2, 0.25) is 0 Å². The number of nitrogens with two attached hydrogens (primary N) is 1. The molecule has 0 fully saturated rings. The van der Waals surface area contributed by atoms with Crippen LogP contribution >= 0.6 is 0 Å². The number of hydrogen-bond donors (Lipinski definition) is 1.